The van der Waals surface area contributed by atoms with Crippen molar-refractivity contribution in [3.05, 3.63) is 74.9 Å². The molecule has 9 nitrogen and oxygen atoms in total. The minimum absolute atomic E-state index is 0.0228. The highest BCUT2D eigenvalue weighted by Crippen LogP contribution is 2.35. The molecule has 0 bridgehead atoms. The van der Waals surface area contributed by atoms with Gasteiger partial charge in [0, 0.05) is 6.42 Å². The Balaban J connectivity index is 1.54. The maximum absolute atomic E-state index is 12.9. The van der Waals surface area contributed by atoms with Gasteiger partial charge in [-0.25, -0.2) is 5.01 Å². The zero-order valence-electron chi connectivity index (χ0n) is 15.9. The van der Waals surface area contributed by atoms with Crippen LogP contribution in [0.4, 0.5) is 5.69 Å². The lowest BCUT2D eigenvalue weighted by Crippen LogP contribution is -2.31. The van der Waals surface area contributed by atoms with Crippen LogP contribution in [0.15, 0.2) is 63.6 Å². The maximum atomic E-state index is 12.9. The molecule has 0 aliphatic carbocycles. The number of nitrogens with zero attached hydrogens (tertiary/aromatic N) is 3. The summed E-state index contributed by atoms with van der Waals surface area (Å²) in [6.45, 7) is -0.411. The zero-order valence-corrected chi connectivity index (χ0v) is 16.7. The third kappa shape index (κ3) is 3.90. The van der Waals surface area contributed by atoms with E-state index in [0.29, 0.717) is 17.9 Å². The molecule has 0 radical (unpaired) electrons. The van der Waals surface area contributed by atoms with Gasteiger partial charge in [0.05, 0.1) is 35.0 Å². The zero-order chi connectivity index (χ0) is 21.1. The molecule has 0 fully saturated rings. The van der Waals surface area contributed by atoms with E-state index in [-0.39, 0.29) is 11.4 Å². The highest BCUT2D eigenvalue weighted by Gasteiger charge is 2.35. The molecule has 2 aromatic heterocycles. The monoisotopic (exact) mass is 427 g/mol. The second-order valence-electron chi connectivity index (χ2n) is 6.38. The molecule has 3 aromatic rings. The molecule has 10 heteroatoms. The molecular weight excluding hydrogens is 410 g/mol. The maximum Gasteiger partial charge on any atom is 0.314 e. The predicted octanol–water partition coefficient (Wildman–Crippen LogP) is 4.01. The van der Waals surface area contributed by atoms with Crippen molar-refractivity contribution in [2.75, 3.05) is 13.7 Å². The second-order valence-corrected chi connectivity index (χ2v) is 7.32. The molecule has 0 saturated carbocycles. The van der Waals surface area contributed by atoms with Gasteiger partial charge in [-0.05, 0) is 35.7 Å². The van der Waals surface area contributed by atoms with Gasteiger partial charge in [-0.3, -0.25) is 14.9 Å². The van der Waals surface area contributed by atoms with Crippen LogP contribution in [0.2, 0.25) is 0 Å². The lowest BCUT2D eigenvalue weighted by Gasteiger charge is -2.20. The van der Waals surface area contributed by atoms with Crippen molar-refractivity contribution >= 4 is 28.6 Å². The van der Waals surface area contributed by atoms with Gasteiger partial charge < -0.3 is 13.9 Å². The molecule has 0 spiro atoms. The van der Waals surface area contributed by atoms with E-state index in [0.717, 1.165) is 10.6 Å². The van der Waals surface area contributed by atoms with Crippen LogP contribution in [0, 0.1) is 10.1 Å². The van der Waals surface area contributed by atoms with E-state index >= 15 is 0 Å². The van der Waals surface area contributed by atoms with Gasteiger partial charge >= 0.3 is 5.69 Å². The molecule has 1 aliphatic heterocycles. The number of hydrogen-bond acceptors (Lipinski definition) is 8. The lowest BCUT2D eigenvalue weighted by atomic mass is 10.1. The third-order valence-corrected chi connectivity index (χ3v) is 5.48. The van der Waals surface area contributed by atoms with Crippen LogP contribution < -0.4 is 9.47 Å². The first-order valence-electron chi connectivity index (χ1n) is 8.99. The molecule has 1 unspecified atom stereocenters. The number of amides is 1. The van der Waals surface area contributed by atoms with Crippen molar-refractivity contribution in [1.29, 1.82) is 0 Å². The highest BCUT2D eigenvalue weighted by molar-refractivity contribution is 7.12. The van der Waals surface area contributed by atoms with E-state index in [1.807, 2.05) is 17.5 Å². The first-order valence-corrected chi connectivity index (χ1v) is 9.87. The van der Waals surface area contributed by atoms with E-state index in [1.54, 1.807) is 18.4 Å². The Hall–Kier alpha value is -3.66. The van der Waals surface area contributed by atoms with Crippen LogP contribution in [-0.4, -0.2) is 35.3 Å². The molecule has 1 amide bonds. The number of carbonyl (C=O) groups excluding carboxylic acids is 1. The molecule has 0 N–H and O–H groups in total. The molecule has 1 aliphatic rings. The van der Waals surface area contributed by atoms with Crippen LogP contribution in [0.5, 0.6) is 11.5 Å². The SMILES string of the molecule is COc1ccc(OCC(=O)N2N=C(c3cccs3)CC2c2ccco2)c([N+](=O)[O-])c1. The van der Waals surface area contributed by atoms with Crippen LogP contribution in [0.3, 0.4) is 0 Å². The van der Waals surface area contributed by atoms with E-state index in [4.69, 9.17) is 13.9 Å². The summed E-state index contributed by atoms with van der Waals surface area (Å²) in [6, 6.07) is 11.2. The van der Waals surface area contributed by atoms with Crippen molar-refractivity contribution in [3.63, 3.8) is 0 Å². The van der Waals surface area contributed by atoms with Crippen LogP contribution in [-0.2, 0) is 4.79 Å². The largest absolute Gasteiger partial charge is 0.496 e. The Labute approximate surface area is 175 Å². The summed E-state index contributed by atoms with van der Waals surface area (Å²) in [5.74, 6) is 0.468. The third-order valence-electron chi connectivity index (χ3n) is 4.56. The minimum atomic E-state index is -0.586. The smallest absolute Gasteiger partial charge is 0.314 e. The molecule has 0 saturated heterocycles. The summed E-state index contributed by atoms with van der Waals surface area (Å²) in [4.78, 5) is 24.6. The van der Waals surface area contributed by atoms with Gasteiger partial charge in [0.1, 0.15) is 17.6 Å². The number of ether oxygens (including phenoxy) is 2. The Kier molecular flexibility index (Phi) is 5.48. The van der Waals surface area contributed by atoms with Gasteiger partial charge in [0.15, 0.2) is 12.4 Å². The topological polar surface area (TPSA) is 107 Å². The molecule has 1 atom stereocenters. The number of rotatable bonds is 7. The van der Waals surface area contributed by atoms with Crippen molar-refractivity contribution in [3.8, 4) is 11.5 Å². The average molecular weight is 427 g/mol. The van der Waals surface area contributed by atoms with Crippen molar-refractivity contribution in [1.82, 2.24) is 5.01 Å². The standard InChI is InChI=1S/C20H17N3O6S/c1-27-13-6-7-18(16(10-13)23(25)26)29-12-20(24)22-15(17-4-2-8-28-17)11-14(21-22)19-5-3-9-30-19/h2-10,15H,11-12H2,1H3. The number of thiophene rings is 1. The fourth-order valence-corrected chi connectivity index (χ4v) is 3.85. The highest BCUT2D eigenvalue weighted by atomic mass is 32.1. The molecule has 30 heavy (non-hydrogen) atoms. The number of carbonyl (C=O) groups is 1. The van der Waals surface area contributed by atoms with Gasteiger partial charge in [0.2, 0.25) is 0 Å². The molecule has 4 rings (SSSR count). The fraction of sp³-hybridized carbons (Fsp3) is 0.200. The van der Waals surface area contributed by atoms with E-state index in [2.05, 4.69) is 5.10 Å². The van der Waals surface area contributed by atoms with Gasteiger partial charge in [0.25, 0.3) is 5.91 Å². The van der Waals surface area contributed by atoms with Crippen LogP contribution in [0.25, 0.3) is 0 Å². The quantitative estimate of drug-likeness (QED) is 0.416. The summed E-state index contributed by atoms with van der Waals surface area (Å²) in [7, 11) is 1.41. The normalized spacial score (nSPS) is 15.7. The average Bonchev–Trinajstić information content (AvgIpc) is 3.52. The number of hydrazone groups is 1. The number of furan rings is 1. The van der Waals surface area contributed by atoms with Crippen LogP contribution in [0.1, 0.15) is 23.1 Å². The number of nitro benzene ring substituents is 1. The number of hydrogen-bond donors (Lipinski definition) is 0. The molecule has 3 heterocycles. The first-order chi connectivity index (χ1) is 14.6. The first kappa shape index (κ1) is 19.6. The summed E-state index contributed by atoms with van der Waals surface area (Å²) in [5, 5.41) is 19.1. The number of methoxy groups -OCH3 is 1. The van der Waals surface area contributed by atoms with E-state index < -0.39 is 23.5 Å². The number of nitro groups is 1. The summed E-state index contributed by atoms with van der Waals surface area (Å²) in [6.07, 6.45) is 2.04. The Morgan fingerprint density at radius 3 is 2.90 bits per heavy atom. The Morgan fingerprint density at radius 1 is 1.37 bits per heavy atom. The van der Waals surface area contributed by atoms with Gasteiger partial charge in [-0.15, -0.1) is 11.3 Å². The second kappa shape index (κ2) is 8.37. The predicted molar refractivity (Wildman–Crippen MR) is 109 cm³/mol. The molecule has 154 valence electrons. The van der Waals surface area contributed by atoms with Gasteiger partial charge in [-0.2, -0.15) is 5.10 Å². The van der Waals surface area contributed by atoms with E-state index in [9.17, 15) is 14.9 Å². The fourth-order valence-electron chi connectivity index (χ4n) is 3.13. The summed E-state index contributed by atoms with van der Waals surface area (Å²) in [5.41, 5.74) is 0.490. The van der Waals surface area contributed by atoms with E-state index in [1.165, 1.54) is 41.7 Å². The van der Waals surface area contributed by atoms with Gasteiger partial charge in [-0.1, -0.05) is 6.07 Å². The Bertz CT molecular complexity index is 1080. The minimum Gasteiger partial charge on any atom is -0.496 e. The van der Waals surface area contributed by atoms with Crippen LogP contribution >= 0.6 is 11.3 Å². The van der Waals surface area contributed by atoms with Crippen molar-refractivity contribution < 1.29 is 23.6 Å². The lowest BCUT2D eigenvalue weighted by molar-refractivity contribution is -0.385. The molecular formula is C20H17N3O6S. The number of benzene rings is 1. The summed E-state index contributed by atoms with van der Waals surface area (Å²) >= 11 is 1.53. The van der Waals surface area contributed by atoms with Crippen molar-refractivity contribution in [2.45, 2.75) is 12.5 Å². The summed E-state index contributed by atoms with van der Waals surface area (Å²) < 4.78 is 16.0. The Morgan fingerprint density at radius 2 is 2.23 bits per heavy atom. The van der Waals surface area contributed by atoms with Crippen molar-refractivity contribution in [2.24, 2.45) is 5.10 Å². The molecule has 1 aromatic carbocycles.